The van der Waals surface area contributed by atoms with E-state index >= 15 is 0 Å². The van der Waals surface area contributed by atoms with E-state index in [1.165, 1.54) is 50.5 Å². The molecule has 0 aromatic heterocycles. The van der Waals surface area contributed by atoms with Gasteiger partial charge in [-0.05, 0) is 103 Å². The molecule has 3 fully saturated rings. The second kappa shape index (κ2) is 11.2. The van der Waals surface area contributed by atoms with Crippen LogP contribution in [-0.4, -0.2) is 26.5 Å². The number of rotatable bonds is 8. The Morgan fingerprint density at radius 3 is 2.33 bits per heavy atom. The van der Waals surface area contributed by atoms with Crippen molar-refractivity contribution in [2.24, 2.45) is 46.3 Å². The van der Waals surface area contributed by atoms with Gasteiger partial charge in [0.05, 0.1) is 6.10 Å². The van der Waals surface area contributed by atoms with Crippen molar-refractivity contribution in [3.8, 4) is 0 Å². The van der Waals surface area contributed by atoms with Crippen LogP contribution in [0, 0.1) is 46.3 Å². The van der Waals surface area contributed by atoms with Gasteiger partial charge in [0, 0.05) is 13.3 Å². The van der Waals surface area contributed by atoms with Crippen LogP contribution >= 0.6 is 0 Å². The Balaban J connectivity index is 1.67. The number of ether oxygens (including phenoxy) is 1. The number of esters is 1. The highest BCUT2D eigenvalue weighted by Gasteiger charge is 2.62. The van der Waals surface area contributed by atoms with Crippen molar-refractivity contribution in [2.75, 3.05) is 0 Å². The number of hydrogen-bond acceptors (Lipinski definition) is 3. The van der Waals surface area contributed by atoms with E-state index in [0.717, 1.165) is 42.9 Å². The molecule has 4 rings (SSSR count). The first-order valence-corrected chi connectivity index (χ1v) is 19.5. The first-order valence-electron chi connectivity index (χ1n) is 16.6. The van der Waals surface area contributed by atoms with E-state index in [2.05, 4.69) is 74.6 Å². The molecule has 0 aliphatic heterocycles. The Labute approximate surface area is 242 Å². The molecule has 3 saturated carbocycles. The molecule has 3 nitrogen and oxygen atoms in total. The summed E-state index contributed by atoms with van der Waals surface area (Å²) < 4.78 is 13.2. The lowest BCUT2D eigenvalue weighted by Crippen LogP contribution is -2.57. The monoisotopic (exact) mass is 558 g/mol. The standard InChI is InChI=1S/C35H62O3Si/c1-23(2)13-12-14-24(3)28-15-16-29-32-30(18-20-35(28,29)9)34(8)19-17-27(37-25(4)36)21-26(34)22-31(32)38-39(10,11)33(5,6)7/h22-24,27-32H,12-21H2,1-11H3/t24-,27+,28-,29+,30+,31+,32+,34+,35-/m1/s1. The summed E-state index contributed by atoms with van der Waals surface area (Å²) in [5.41, 5.74) is 2.19. The van der Waals surface area contributed by atoms with Crippen molar-refractivity contribution in [3.63, 3.8) is 0 Å². The van der Waals surface area contributed by atoms with Crippen LogP contribution in [0.4, 0.5) is 0 Å². The summed E-state index contributed by atoms with van der Waals surface area (Å²) in [5, 5.41) is 0.190. The summed E-state index contributed by atoms with van der Waals surface area (Å²) in [6.45, 7) is 26.1. The van der Waals surface area contributed by atoms with Gasteiger partial charge in [0.25, 0.3) is 0 Å². The van der Waals surface area contributed by atoms with E-state index in [9.17, 15) is 4.79 Å². The first kappa shape index (κ1) is 31.3. The lowest BCUT2D eigenvalue weighted by atomic mass is 9.46. The molecule has 9 atom stereocenters. The maximum atomic E-state index is 11.8. The molecule has 0 N–H and O–H groups in total. The van der Waals surface area contributed by atoms with E-state index in [0.29, 0.717) is 17.3 Å². The highest BCUT2D eigenvalue weighted by Crippen LogP contribution is 2.68. The predicted molar refractivity (Wildman–Crippen MR) is 166 cm³/mol. The van der Waals surface area contributed by atoms with Crippen LogP contribution in [0.2, 0.25) is 18.1 Å². The lowest BCUT2D eigenvalue weighted by Gasteiger charge is -2.61. The average Bonchev–Trinajstić information content (AvgIpc) is 3.15. The molecule has 4 heteroatoms. The van der Waals surface area contributed by atoms with Gasteiger partial charge in [-0.15, -0.1) is 0 Å². The van der Waals surface area contributed by atoms with Crippen LogP contribution in [0.25, 0.3) is 0 Å². The second-order valence-corrected chi connectivity index (χ2v) is 21.5. The van der Waals surface area contributed by atoms with E-state index in [4.69, 9.17) is 9.16 Å². The third-order valence-electron chi connectivity index (χ3n) is 12.8. The van der Waals surface area contributed by atoms with Gasteiger partial charge in [0.2, 0.25) is 0 Å². The number of hydrogen-bond donors (Lipinski definition) is 0. The summed E-state index contributed by atoms with van der Waals surface area (Å²) in [6.07, 6.45) is 15.5. The van der Waals surface area contributed by atoms with Crippen molar-refractivity contribution < 1.29 is 14.0 Å². The summed E-state index contributed by atoms with van der Waals surface area (Å²) in [7, 11) is -1.96. The van der Waals surface area contributed by atoms with Crippen LogP contribution in [0.5, 0.6) is 0 Å². The molecule has 0 spiro atoms. The van der Waals surface area contributed by atoms with Crippen LogP contribution in [0.15, 0.2) is 11.6 Å². The zero-order chi connectivity index (χ0) is 29.0. The molecule has 0 saturated heterocycles. The fourth-order valence-electron chi connectivity index (χ4n) is 9.58. The van der Waals surface area contributed by atoms with Gasteiger partial charge >= 0.3 is 5.97 Å². The van der Waals surface area contributed by atoms with Crippen LogP contribution < -0.4 is 0 Å². The second-order valence-electron chi connectivity index (χ2n) is 16.7. The molecule has 0 unspecified atom stereocenters. The molecule has 0 amide bonds. The fourth-order valence-corrected chi connectivity index (χ4v) is 10.8. The van der Waals surface area contributed by atoms with Gasteiger partial charge in [-0.3, -0.25) is 4.79 Å². The summed E-state index contributed by atoms with van der Waals surface area (Å²) >= 11 is 0. The van der Waals surface area contributed by atoms with E-state index in [1.807, 2.05) is 0 Å². The third kappa shape index (κ3) is 5.99. The van der Waals surface area contributed by atoms with Crippen molar-refractivity contribution in [3.05, 3.63) is 11.6 Å². The van der Waals surface area contributed by atoms with Crippen molar-refractivity contribution in [1.29, 1.82) is 0 Å². The van der Waals surface area contributed by atoms with Crippen LogP contribution in [0.3, 0.4) is 0 Å². The molecule has 4 aliphatic rings. The number of fused-ring (bicyclic) bond motifs is 5. The molecule has 0 radical (unpaired) electrons. The first-order chi connectivity index (χ1) is 18.0. The Kier molecular flexibility index (Phi) is 9.02. The van der Waals surface area contributed by atoms with Gasteiger partial charge < -0.3 is 9.16 Å². The summed E-state index contributed by atoms with van der Waals surface area (Å²) in [4.78, 5) is 11.8. The Morgan fingerprint density at radius 1 is 1.03 bits per heavy atom. The third-order valence-corrected chi connectivity index (χ3v) is 17.3. The normalized spacial score (nSPS) is 39.4. The maximum absolute atomic E-state index is 11.8. The molecular weight excluding hydrogens is 496 g/mol. The van der Waals surface area contributed by atoms with Gasteiger partial charge in [-0.25, -0.2) is 0 Å². The Hall–Kier alpha value is -0.613. The largest absolute Gasteiger partial charge is 0.462 e. The number of carbonyl (C=O) groups excluding carboxylic acids is 1. The molecule has 0 aromatic rings. The molecular formula is C35H62O3Si. The SMILES string of the molecule is CC(=O)O[C@H]1CC[C@@]2(C)C(=C[C@H](O[Si](C)(C)C(C)(C)C)[C@H]3[C@@H]4CC[C@H]([C@H](C)CCCC(C)C)[C@@]4(C)CC[C@@H]32)C1. The molecule has 224 valence electrons. The predicted octanol–water partition coefficient (Wildman–Crippen LogP) is 9.96. The maximum Gasteiger partial charge on any atom is 0.302 e. The minimum absolute atomic E-state index is 0.0308. The zero-order valence-electron chi connectivity index (χ0n) is 27.5. The van der Waals surface area contributed by atoms with Crippen LogP contribution in [0.1, 0.15) is 127 Å². The quantitative estimate of drug-likeness (QED) is 0.169. The summed E-state index contributed by atoms with van der Waals surface area (Å²) in [5.74, 6) is 4.39. The molecule has 4 aliphatic carbocycles. The molecule has 39 heavy (non-hydrogen) atoms. The van der Waals surface area contributed by atoms with E-state index < -0.39 is 8.32 Å². The Morgan fingerprint density at radius 2 is 1.72 bits per heavy atom. The zero-order valence-corrected chi connectivity index (χ0v) is 28.5. The van der Waals surface area contributed by atoms with Crippen molar-refractivity contribution in [1.82, 2.24) is 0 Å². The highest BCUT2D eigenvalue weighted by atomic mass is 28.4. The average molecular weight is 559 g/mol. The van der Waals surface area contributed by atoms with Gasteiger partial charge in [0.15, 0.2) is 8.32 Å². The molecule has 0 bridgehead atoms. The smallest absolute Gasteiger partial charge is 0.302 e. The summed E-state index contributed by atoms with van der Waals surface area (Å²) in [6, 6.07) is 0. The van der Waals surface area contributed by atoms with Gasteiger partial charge in [-0.1, -0.05) is 86.3 Å². The number of carbonyl (C=O) groups is 1. The molecule has 0 aromatic carbocycles. The van der Waals surface area contributed by atoms with Crippen molar-refractivity contribution >= 4 is 14.3 Å². The van der Waals surface area contributed by atoms with Crippen molar-refractivity contribution in [2.45, 2.75) is 157 Å². The van der Waals surface area contributed by atoms with E-state index in [1.54, 1.807) is 6.92 Å². The topological polar surface area (TPSA) is 35.5 Å². The van der Waals surface area contributed by atoms with Gasteiger partial charge in [-0.2, -0.15) is 0 Å². The Bertz CT molecular complexity index is 915. The fraction of sp³-hybridized carbons (Fsp3) is 0.914. The van der Waals surface area contributed by atoms with E-state index in [-0.39, 0.29) is 28.6 Å². The van der Waals surface area contributed by atoms with Gasteiger partial charge in [0.1, 0.15) is 6.10 Å². The highest BCUT2D eigenvalue weighted by molar-refractivity contribution is 6.74. The minimum atomic E-state index is -1.96. The molecule has 0 heterocycles. The lowest BCUT2D eigenvalue weighted by molar-refractivity contribution is -0.149. The minimum Gasteiger partial charge on any atom is -0.462 e. The van der Waals surface area contributed by atoms with Crippen LogP contribution in [-0.2, 0) is 14.0 Å².